The summed E-state index contributed by atoms with van der Waals surface area (Å²) in [5.74, 6) is -1.40. The molecule has 3 rings (SSSR count). The van der Waals surface area contributed by atoms with Crippen LogP contribution < -0.4 is 27.7 Å². The van der Waals surface area contributed by atoms with Crippen molar-refractivity contribution in [2.24, 2.45) is 11.7 Å². The summed E-state index contributed by atoms with van der Waals surface area (Å²) in [7, 11) is 0. The highest BCUT2D eigenvalue weighted by Gasteiger charge is 2.23. The summed E-state index contributed by atoms with van der Waals surface area (Å²) in [5.41, 5.74) is 12.4. The number of aromatic nitrogens is 2. The number of rotatable bonds is 10. The Bertz CT molecular complexity index is 1080. The Hall–Kier alpha value is -3.89. The first-order valence-corrected chi connectivity index (χ1v) is 10.8. The van der Waals surface area contributed by atoms with Crippen molar-refractivity contribution < 1.29 is 19.5 Å². The van der Waals surface area contributed by atoms with Gasteiger partial charge in [0.05, 0.1) is 5.56 Å². The average molecular weight is 457 g/mol. The molecule has 176 valence electrons. The van der Waals surface area contributed by atoms with Gasteiger partial charge in [-0.2, -0.15) is 4.98 Å². The van der Waals surface area contributed by atoms with Gasteiger partial charge in [-0.25, -0.2) is 4.79 Å². The predicted molar refractivity (Wildman–Crippen MR) is 122 cm³/mol. The first-order valence-electron chi connectivity index (χ1n) is 10.8. The van der Waals surface area contributed by atoms with Gasteiger partial charge in [0.15, 0.2) is 0 Å². The van der Waals surface area contributed by atoms with E-state index in [-0.39, 0.29) is 24.3 Å². The third kappa shape index (κ3) is 6.55. The van der Waals surface area contributed by atoms with Crippen molar-refractivity contribution in [3.63, 3.8) is 0 Å². The number of carboxylic acids is 1. The van der Waals surface area contributed by atoms with E-state index in [4.69, 9.17) is 11.5 Å². The smallest absolute Gasteiger partial charge is 0.326 e. The summed E-state index contributed by atoms with van der Waals surface area (Å²) in [5, 5.41) is 14.8. The van der Waals surface area contributed by atoms with Gasteiger partial charge in [-0.1, -0.05) is 12.1 Å². The highest BCUT2D eigenvalue weighted by Crippen LogP contribution is 2.23. The Kier molecular flexibility index (Phi) is 7.65. The lowest BCUT2D eigenvalue weighted by atomic mass is 9.91. The highest BCUT2D eigenvalue weighted by molar-refractivity contribution is 5.96. The molecule has 0 saturated heterocycles. The number of nitrogens with zero attached hydrogens (tertiary/aromatic N) is 1. The summed E-state index contributed by atoms with van der Waals surface area (Å²) < 4.78 is 0. The minimum atomic E-state index is -1.22. The lowest BCUT2D eigenvalue weighted by Gasteiger charge is -2.24. The molecule has 2 heterocycles. The zero-order valence-corrected chi connectivity index (χ0v) is 18.1. The Morgan fingerprint density at radius 1 is 1.24 bits per heavy atom. The van der Waals surface area contributed by atoms with Crippen LogP contribution in [0.5, 0.6) is 0 Å². The Morgan fingerprint density at radius 3 is 2.64 bits per heavy atom. The number of aliphatic carboxylic acids is 1. The maximum atomic E-state index is 12.3. The Labute approximate surface area is 190 Å². The van der Waals surface area contributed by atoms with Gasteiger partial charge in [-0.15, -0.1) is 0 Å². The van der Waals surface area contributed by atoms with Crippen LogP contribution in [-0.2, 0) is 22.4 Å². The molecule has 0 spiro atoms. The predicted octanol–water partition coefficient (Wildman–Crippen LogP) is 0.408. The standard InChI is InChI=1S/C22H28N6O5/c23-17(29)9-8-16(21(32)33)26-19(30)14-6-4-12(5-7-14)2-1-3-13-10-15-18(25-11-13)27-22(24)28-20(15)31/h4-7,13,16H,1-3,8-11H2,(H2,23,29)(H,26,30)(H,32,33)(H4,24,25,27,28,31)/t13?,16-/m0/s1. The van der Waals surface area contributed by atoms with Crippen molar-refractivity contribution in [3.05, 3.63) is 51.3 Å². The molecule has 2 amide bonds. The summed E-state index contributed by atoms with van der Waals surface area (Å²) in [4.78, 5) is 53.3. The Balaban J connectivity index is 1.48. The number of primary amides is 1. The van der Waals surface area contributed by atoms with Crippen molar-refractivity contribution in [1.29, 1.82) is 0 Å². The summed E-state index contributed by atoms with van der Waals surface area (Å²) in [6, 6.07) is 5.77. The SMILES string of the molecule is NC(=O)CC[C@H](NC(=O)c1ccc(CCCC2CNc3nc(N)[nH]c(=O)c3C2)cc1)C(=O)O. The van der Waals surface area contributed by atoms with E-state index >= 15 is 0 Å². The molecular weight excluding hydrogens is 428 g/mol. The number of hydrogen-bond donors (Lipinski definition) is 6. The highest BCUT2D eigenvalue weighted by atomic mass is 16.4. The number of benzene rings is 1. The van der Waals surface area contributed by atoms with Crippen LogP contribution in [0, 0.1) is 5.92 Å². The van der Waals surface area contributed by atoms with Gasteiger partial charge >= 0.3 is 5.97 Å². The minimum absolute atomic E-state index is 0.0652. The zero-order valence-electron chi connectivity index (χ0n) is 18.1. The molecule has 0 saturated carbocycles. The van der Waals surface area contributed by atoms with E-state index in [1.807, 2.05) is 12.1 Å². The topological polar surface area (TPSA) is 193 Å². The number of nitrogens with one attached hydrogen (secondary N) is 3. The number of H-pyrrole nitrogens is 1. The van der Waals surface area contributed by atoms with Gasteiger partial charge < -0.3 is 27.2 Å². The van der Waals surface area contributed by atoms with Crippen molar-refractivity contribution in [1.82, 2.24) is 15.3 Å². The molecule has 1 aromatic carbocycles. The number of amides is 2. The first kappa shape index (κ1) is 23.8. The van der Waals surface area contributed by atoms with Crippen LogP contribution in [0.25, 0.3) is 0 Å². The second-order valence-electron chi connectivity index (χ2n) is 8.19. The summed E-state index contributed by atoms with van der Waals surface area (Å²) >= 11 is 0. The molecule has 11 heteroatoms. The molecule has 0 aliphatic carbocycles. The number of aryl methyl sites for hydroxylation is 1. The van der Waals surface area contributed by atoms with Gasteiger partial charge in [-0.3, -0.25) is 19.4 Å². The fourth-order valence-corrected chi connectivity index (χ4v) is 3.86. The summed E-state index contributed by atoms with van der Waals surface area (Å²) in [6.45, 7) is 0.725. The number of nitrogen functional groups attached to an aromatic ring is 1. The second-order valence-corrected chi connectivity index (χ2v) is 8.19. The molecule has 1 aliphatic rings. The molecule has 0 bridgehead atoms. The number of anilines is 2. The third-order valence-corrected chi connectivity index (χ3v) is 5.66. The van der Waals surface area contributed by atoms with E-state index in [2.05, 4.69) is 20.6 Å². The van der Waals surface area contributed by atoms with E-state index < -0.39 is 23.8 Å². The number of nitrogens with two attached hydrogens (primary N) is 2. The molecule has 33 heavy (non-hydrogen) atoms. The van der Waals surface area contributed by atoms with Gasteiger partial charge in [0.1, 0.15) is 11.9 Å². The van der Waals surface area contributed by atoms with Crippen LogP contribution in [0.2, 0.25) is 0 Å². The number of hydrogen-bond acceptors (Lipinski definition) is 7. The van der Waals surface area contributed by atoms with Crippen molar-refractivity contribution in [2.45, 2.75) is 44.6 Å². The number of carbonyl (C=O) groups excluding carboxylic acids is 2. The third-order valence-electron chi connectivity index (χ3n) is 5.66. The fraction of sp³-hybridized carbons (Fsp3) is 0.409. The van der Waals surface area contributed by atoms with Crippen molar-refractivity contribution >= 4 is 29.5 Å². The number of fused-ring (bicyclic) bond motifs is 1. The second kappa shape index (κ2) is 10.6. The van der Waals surface area contributed by atoms with Crippen LogP contribution >= 0.6 is 0 Å². The lowest BCUT2D eigenvalue weighted by molar-refractivity contribution is -0.139. The van der Waals surface area contributed by atoms with Crippen LogP contribution in [-0.4, -0.2) is 45.4 Å². The van der Waals surface area contributed by atoms with Gasteiger partial charge in [0.2, 0.25) is 11.9 Å². The van der Waals surface area contributed by atoms with Crippen LogP contribution in [0.15, 0.2) is 29.1 Å². The van der Waals surface area contributed by atoms with E-state index in [0.29, 0.717) is 29.3 Å². The normalized spacial score (nSPS) is 15.7. The average Bonchev–Trinajstić information content (AvgIpc) is 2.77. The number of aromatic amines is 1. The fourth-order valence-electron chi connectivity index (χ4n) is 3.86. The number of carbonyl (C=O) groups is 3. The minimum Gasteiger partial charge on any atom is -0.480 e. The lowest BCUT2D eigenvalue weighted by Crippen LogP contribution is -2.41. The molecule has 1 aliphatic heterocycles. The van der Waals surface area contributed by atoms with Gasteiger partial charge in [0, 0.05) is 18.5 Å². The zero-order chi connectivity index (χ0) is 24.0. The molecule has 1 aromatic heterocycles. The molecular formula is C22H28N6O5. The largest absolute Gasteiger partial charge is 0.480 e. The maximum absolute atomic E-state index is 12.3. The molecule has 8 N–H and O–H groups in total. The van der Waals surface area contributed by atoms with Crippen LogP contribution in [0.3, 0.4) is 0 Å². The van der Waals surface area contributed by atoms with Crippen LogP contribution in [0.4, 0.5) is 11.8 Å². The summed E-state index contributed by atoms with van der Waals surface area (Å²) in [6.07, 6.45) is 3.07. The quantitative estimate of drug-likeness (QED) is 0.296. The molecule has 1 unspecified atom stereocenters. The molecule has 0 fully saturated rings. The van der Waals surface area contributed by atoms with E-state index in [1.54, 1.807) is 12.1 Å². The molecule has 2 aromatic rings. The molecule has 11 nitrogen and oxygen atoms in total. The van der Waals surface area contributed by atoms with E-state index in [9.17, 15) is 24.3 Å². The van der Waals surface area contributed by atoms with Gasteiger partial charge in [-0.05, 0) is 55.7 Å². The maximum Gasteiger partial charge on any atom is 0.326 e. The molecule has 0 radical (unpaired) electrons. The van der Waals surface area contributed by atoms with Gasteiger partial charge in [0.25, 0.3) is 11.5 Å². The van der Waals surface area contributed by atoms with Crippen LogP contribution in [0.1, 0.15) is 47.2 Å². The Morgan fingerprint density at radius 2 is 1.97 bits per heavy atom. The monoisotopic (exact) mass is 456 g/mol. The van der Waals surface area contributed by atoms with E-state index in [0.717, 1.165) is 31.4 Å². The molecule has 2 atom stereocenters. The number of carboxylic acid groups (broad SMARTS) is 1. The van der Waals surface area contributed by atoms with Crippen molar-refractivity contribution in [3.8, 4) is 0 Å². The van der Waals surface area contributed by atoms with E-state index in [1.165, 1.54) is 0 Å². The first-order chi connectivity index (χ1) is 15.7. The van der Waals surface area contributed by atoms with Crippen molar-refractivity contribution in [2.75, 3.05) is 17.6 Å².